The molecule has 122 valence electrons. The third-order valence-electron chi connectivity index (χ3n) is 4.31. The lowest BCUT2D eigenvalue weighted by Gasteiger charge is -2.39. The van der Waals surface area contributed by atoms with Crippen molar-refractivity contribution >= 4 is 22.8 Å². The van der Waals surface area contributed by atoms with Gasteiger partial charge >= 0.3 is 0 Å². The summed E-state index contributed by atoms with van der Waals surface area (Å²) in [4.78, 5) is 21.7. The molecule has 0 atom stereocenters. The molecule has 0 radical (unpaired) electrons. The number of aromatic amines is 1. The number of carbonyl (C=O) groups is 1. The molecule has 1 amide bonds. The second-order valence-electron chi connectivity index (χ2n) is 6.12. The van der Waals surface area contributed by atoms with Gasteiger partial charge < -0.3 is 15.2 Å². The van der Waals surface area contributed by atoms with Crippen molar-refractivity contribution in [2.45, 2.75) is 6.92 Å². The van der Waals surface area contributed by atoms with Gasteiger partial charge in [-0.3, -0.25) is 4.79 Å². The molecule has 0 aromatic carbocycles. The smallest absolute Gasteiger partial charge is 0.253 e. The van der Waals surface area contributed by atoms with Crippen molar-refractivity contribution in [3.63, 3.8) is 0 Å². The average molecular weight is 322 g/mol. The molecule has 0 unspecified atom stereocenters. The number of nitrogens with zero attached hydrogens (tertiary/aromatic N) is 4. The zero-order valence-electron chi connectivity index (χ0n) is 13.4. The van der Waals surface area contributed by atoms with Crippen molar-refractivity contribution in [3.05, 3.63) is 47.9 Å². The number of H-pyrrole nitrogens is 1. The van der Waals surface area contributed by atoms with Crippen LogP contribution < -0.4 is 10.2 Å². The van der Waals surface area contributed by atoms with E-state index in [1.54, 1.807) is 12.4 Å². The SMILES string of the molecule is Cc1ccc(N2CC(CNC(=O)c3c[nH]c4ncccc34)C2)nn1. The highest BCUT2D eigenvalue weighted by Crippen LogP contribution is 2.22. The standard InChI is InChI=1S/C17H18N6O/c1-11-4-5-15(22-21-11)23-9-12(10-23)7-20-17(24)14-8-19-16-13(14)3-2-6-18-16/h2-6,8,12H,7,9-10H2,1H3,(H,18,19)(H,20,24). The van der Waals surface area contributed by atoms with Crippen LogP contribution in [-0.2, 0) is 0 Å². The molecular weight excluding hydrogens is 304 g/mol. The maximum Gasteiger partial charge on any atom is 0.253 e. The molecule has 24 heavy (non-hydrogen) atoms. The molecule has 3 aromatic rings. The molecule has 7 nitrogen and oxygen atoms in total. The summed E-state index contributed by atoms with van der Waals surface area (Å²) >= 11 is 0. The van der Waals surface area contributed by atoms with E-state index >= 15 is 0 Å². The lowest BCUT2D eigenvalue weighted by Crippen LogP contribution is -2.51. The van der Waals surface area contributed by atoms with Crippen molar-refractivity contribution in [3.8, 4) is 0 Å². The number of fused-ring (bicyclic) bond motifs is 1. The number of carbonyl (C=O) groups excluding carboxylic acids is 1. The Morgan fingerprint density at radius 2 is 2.21 bits per heavy atom. The normalized spacial score (nSPS) is 14.6. The topological polar surface area (TPSA) is 86.8 Å². The Balaban J connectivity index is 1.32. The Bertz CT molecular complexity index is 866. The fourth-order valence-corrected chi connectivity index (χ4v) is 2.92. The number of aryl methyl sites for hydroxylation is 1. The summed E-state index contributed by atoms with van der Waals surface area (Å²) in [7, 11) is 0. The molecular formula is C17H18N6O. The number of pyridine rings is 1. The molecule has 0 spiro atoms. The molecule has 4 heterocycles. The maximum absolute atomic E-state index is 12.4. The maximum atomic E-state index is 12.4. The molecule has 0 bridgehead atoms. The predicted octanol–water partition coefficient (Wildman–Crippen LogP) is 1.53. The molecule has 0 aliphatic carbocycles. The van der Waals surface area contributed by atoms with Crippen molar-refractivity contribution in [1.29, 1.82) is 0 Å². The molecule has 1 fully saturated rings. The Hall–Kier alpha value is -2.96. The highest BCUT2D eigenvalue weighted by atomic mass is 16.1. The third-order valence-corrected chi connectivity index (χ3v) is 4.31. The summed E-state index contributed by atoms with van der Waals surface area (Å²) in [6.07, 6.45) is 3.42. The summed E-state index contributed by atoms with van der Waals surface area (Å²) in [6, 6.07) is 7.67. The number of nitrogens with one attached hydrogen (secondary N) is 2. The first-order valence-electron chi connectivity index (χ1n) is 7.96. The van der Waals surface area contributed by atoms with Gasteiger partial charge in [0.05, 0.1) is 11.3 Å². The van der Waals surface area contributed by atoms with Crippen LogP contribution in [0.25, 0.3) is 11.0 Å². The van der Waals surface area contributed by atoms with Crippen LogP contribution in [0, 0.1) is 12.8 Å². The van der Waals surface area contributed by atoms with Gasteiger partial charge in [0.1, 0.15) is 5.65 Å². The molecule has 0 saturated carbocycles. The van der Waals surface area contributed by atoms with E-state index in [0.29, 0.717) is 18.0 Å². The first-order chi connectivity index (χ1) is 11.7. The highest BCUT2D eigenvalue weighted by Gasteiger charge is 2.28. The van der Waals surface area contributed by atoms with Gasteiger partial charge in [0.25, 0.3) is 5.91 Å². The van der Waals surface area contributed by atoms with Gasteiger partial charge in [0.15, 0.2) is 5.82 Å². The molecule has 3 aromatic heterocycles. The van der Waals surface area contributed by atoms with E-state index in [4.69, 9.17) is 0 Å². The van der Waals surface area contributed by atoms with Crippen molar-refractivity contribution in [1.82, 2.24) is 25.5 Å². The Kier molecular flexibility index (Phi) is 3.60. The number of aromatic nitrogens is 4. The fraction of sp³-hybridized carbons (Fsp3) is 0.294. The van der Waals surface area contributed by atoms with Crippen LogP contribution >= 0.6 is 0 Å². The molecule has 2 N–H and O–H groups in total. The van der Waals surface area contributed by atoms with E-state index in [9.17, 15) is 4.79 Å². The minimum Gasteiger partial charge on any atom is -0.354 e. The molecule has 1 aliphatic heterocycles. The van der Waals surface area contributed by atoms with Crippen LogP contribution in [0.5, 0.6) is 0 Å². The van der Waals surface area contributed by atoms with Crippen LogP contribution in [0.4, 0.5) is 5.82 Å². The number of amides is 1. The van der Waals surface area contributed by atoms with Gasteiger partial charge in [-0.15, -0.1) is 5.10 Å². The second kappa shape index (κ2) is 5.92. The van der Waals surface area contributed by atoms with E-state index in [2.05, 4.69) is 30.4 Å². The Morgan fingerprint density at radius 3 is 3.00 bits per heavy atom. The largest absolute Gasteiger partial charge is 0.354 e. The number of rotatable bonds is 4. The quantitative estimate of drug-likeness (QED) is 0.760. The van der Waals surface area contributed by atoms with E-state index in [-0.39, 0.29) is 5.91 Å². The van der Waals surface area contributed by atoms with Gasteiger partial charge in [-0.25, -0.2) is 4.98 Å². The lowest BCUT2D eigenvalue weighted by atomic mass is 10.00. The monoisotopic (exact) mass is 322 g/mol. The fourth-order valence-electron chi connectivity index (χ4n) is 2.92. The molecule has 1 saturated heterocycles. The second-order valence-corrected chi connectivity index (χ2v) is 6.12. The third kappa shape index (κ3) is 2.68. The summed E-state index contributed by atoms with van der Waals surface area (Å²) in [6.45, 7) is 4.34. The Labute approximate surface area is 139 Å². The minimum atomic E-state index is -0.0668. The van der Waals surface area contributed by atoms with Gasteiger partial charge in [0, 0.05) is 43.3 Å². The van der Waals surface area contributed by atoms with Crippen LogP contribution in [0.1, 0.15) is 16.1 Å². The van der Waals surface area contributed by atoms with E-state index in [1.807, 2.05) is 31.2 Å². The minimum absolute atomic E-state index is 0.0668. The number of hydrogen-bond acceptors (Lipinski definition) is 5. The van der Waals surface area contributed by atoms with Gasteiger partial charge in [-0.1, -0.05) is 0 Å². The van der Waals surface area contributed by atoms with Crippen LogP contribution in [-0.4, -0.2) is 45.7 Å². The van der Waals surface area contributed by atoms with E-state index in [0.717, 1.165) is 35.6 Å². The first-order valence-corrected chi connectivity index (χ1v) is 7.96. The highest BCUT2D eigenvalue weighted by molar-refractivity contribution is 6.05. The zero-order chi connectivity index (χ0) is 16.5. The van der Waals surface area contributed by atoms with Crippen molar-refractivity contribution < 1.29 is 4.79 Å². The Morgan fingerprint density at radius 1 is 1.33 bits per heavy atom. The molecule has 1 aliphatic rings. The summed E-state index contributed by atoms with van der Waals surface area (Å²) in [5.74, 6) is 1.26. The lowest BCUT2D eigenvalue weighted by molar-refractivity contribution is 0.0946. The summed E-state index contributed by atoms with van der Waals surface area (Å²) in [5.41, 5.74) is 2.28. The summed E-state index contributed by atoms with van der Waals surface area (Å²) in [5, 5.41) is 12.1. The average Bonchev–Trinajstić information content (AvgIpc) is 2.99. The van der Waals surface area contributed by atoms with Crippen molar-refractivity contribution in [2.75, 3.05) is 24.5 Å². The predicted molar refractivity (Wildman–Crippen MR) is 90.9 cm³/mol. The number of anilines is 1. The van der Waals surface area contributed by atoms with Crippen LogP contribution in [0.15, 0.2) is 36.7 Å². The van der Waals surface area contributed by atoms with Crippen molar-refractivity contribution in [2.24, 2.45) is 5.92 Å². The molecule has 7 heteroatoms. The zero-order valence-corrected chi connectivity index (χ0v) is 13.4. The number of hydrogen-bond donors (Lipinski definition) is 2. The molecule has 4 rings (SSSR count). The van der Waals surface area contributed by atoms with E-state index < -0.39 is 0 Å². The van der Waals surface area contributed by atoms with Gasteiger partial charge in [-0.05, 0) is 31.2 Å². The van der Waals surface area contributed by atoms with E-state index in [1.165, 1.54) is 0 Å². The van der Waals surface area contributed by atoms with Gasteiger partial charge in [-0.2, -0.15) is 5.10 Å². The van der Waals surface area contributed by atoms with Crippen LogP contribution in [0.2, 0.25) is 0 Å². The van der Waals surface area contributed by atoms with Gasteiger partial charge in [0.2, 0.25) is 0 Å². The van der Waals surface area contributed by atoms with Crippen LogP contribution in [0.3, 0.4) is 0 Å². The summed E-state index contributed by atoms with van der Waals surface area (Å²) < 4.78 is 0. The first kappa shape index (κ1) is 14.6.